The zero-order chi connectivity index (χ0) is 13.9. The predicted octanol–water partition coefficient (Wildman–Crippen LogP) is 1.98. The lowest BCUT2D eigenvalue weighted by atomic mass is 9.75. The van der Waals surface area contributed by atoms with Crippen molar-refractivity contribution in [3.8, 4) is 0 Å². The van der Waals surface area contributed by atoms with Gasteiger partial charge < -0.3 is 10.8 Å². The number of hydrogen-bond donors (Lipinski definition) is 2. The summed E-state index contributed by atoms with van der Waals surface area (Å²) < 4.78 is 0. The first kappa shape index (κ1) is 13.7. The van der Waals surface area contributed by atoms with E-state index in [0.717, 1.165) is 16.0 Å². The molecule has 0 aliphatic rings. The Bertz CT molecular complexity index is 569. The Morgan fingerprint density at radius 2 is 2.21 bits per heavy atom. The van der Waals surface area contributed by atoms with Gasteiger partial charge in [0.1, 0.15) is 5.41 Å². The number of benzene rings is 1. The van der Waals surface area contributed by atoms with Crippen molar-refractivity contribution in [2.24, 2.45) is 5.73 Å². The van der Waals surface area contributed by atoms with Crippen LogP contribution < -0.4 is 5.73 Å². The number of aryl methyl sites for hydroxylation is 1. The van der Waals surface area contributed by atoms with E-state index in [4.69, 9.17) is 5.73 Å². The molecule has 0 aliphatic carbocycles. The Kier molecular flexibility index (Phi) is 3.97. The number of carbonyl (C=O) groups is 1. The minimum Gasteiger partial charge on any atom is -0.481 e. The molecule has 100 valence electrons. The number of hydrogen-bond acceptors (Lipinski definition) is 4. The number of nitrogens with two attached hydrogens (primary N) is 1. The first-order valence-electron chi connectivity index (χ1n) is 5.97. The minimum absolute atomic E-state index is 0.0606. The van der Waals surface area contributed by atoms with Crippen LogP contribution in [0.4, 0.5) is 0 Å². The SMILES string of the molecule is Cc1ccccc1C(CN)(Cc1cncs1)C(=O)O. The lowest BCUT2D eigenvalue weighted by Gasteiger charge is -2.29. The van der Waals surface area contributed by atoms with Crippen LogP contribution in [0.15, 0.2) is 36.0 Å². The smallest absolute Gasteiger partial charge is 0.315 e. The van der Waals surface area contributed by atoms with Crippen molar-refractivity contribution in [3.05, 3.63) is 52.0 Å². The maximum absolute atomic E-state index is 11.8. The average Bonchev–Trinajstić information content (AvgIpc) is 2.89. The van der Waals surface area contributed by atoms with Gasteiger partial charge in [-0.25, -0.2) is 0 Å². The van der Waals surface area contributed by atoms with Crippen LogP contribution in [0.2, 0.25) is 0 Å². The Morgan fingerprint density at radius 1 is 1.47 bits per heavy atom. The molecule has 0 saturated carbocycles. The third kappa shape index (κ3) is 2.52. The summed E-state index contributed by atoms with van der Waals surface area (Å²) in [4.78, 5) is 16.8. The maximum atomic E-state index is 11.8. The van der Waals surface area contributed by atoms with Gasteiger partial charge in [0.15, 0.2) is 0 Å². The van der Waals surface area contributed by atoms with Gasteiger partial charge in [0.05, 0.1) is 5.51 Å². The molecule has 2 rings (SSSR count). The fourth-order valence-corrected chi connectivity index (χ4v) is 3.00. The van der Waals surface area contributed by atoms with Crippen LogP contribution in [-0.4, -0.2) is 22.6 Å². The molecular weight excluding hydrogens is 260 g/mol. The standard InChI is InChI=1S/C14H16N2O2S/c1-10-4-2-3-5-12(10)14(8-15,13(17)18)6-11-7-16-9-19-11/h2-5,7,9H,6,8,15H2,1H3,(H,17,18). The Balaban J connectivity index is 2.51. The van der Waals surface area contributed by atoms with Crippen LogP contribution in [0.3, 0.4) is 0 Å². The normalized spacial score (nSPS) is 14.0. The van der Waals surface area contributed by atoms with Crippen LogP contribution in [0.1, 0.15) is 16.0 Å². The van der Waals surface area contributed by atoms with Crippen LogP contribution >= 0.6 is 11.3 Å². The molecule has 0 bridgehead atoms. The third-order valence-electron chi connectivity index (χ3n) is 3.38. The maximum Gasteiger partial charge on any atom is 0.315 e. The number of aromatic nitrogens is 1. The topological polar surface area (TPSA) is 76.2 Å². The largest absolute Gasteiger partial charge is 0.481 e. The number of carboxylic acids is 1. The van der Waals surface area contributed by atoms with Gasteiger partial charge in [-0.1, -0.05) is 24.3 Å². The number of carboxylic acid groups (broad SMARTS) is 1. The zero-order valence-corrected chi connectivity index (χ0v) is 11.5. The summed E-state index contributed by atoms with van der Waals surface area (Å²) >= 11 is 1.45. The van der Waals surface area contributed by atoms with E-state index in [1.807, 2.05) is 31.2 Å². The van der Waals surface area contributed by atoms with Gasteiger partial charge in [0.25, 0.3) is 0 Å². The van der Waals surface area contributed by atoms with Gasteiger partial charge in [-0.3, -0.25) is 9.78 Å². The molecule has 1 atom stereocenters. The summed E-state index contributed by atoms with van der Waals surface area (Å²) in [6.07, 6.45) is 2.07. The Labute approximate surface area is 115 Å². The Hall–Kier alpha value is -1.72. The fraction of sp³-hybridized carbons (Fsp3) is 0.286. The van der Waals surface area contributed by atoms with Gasteiger partial charge in [-0.15, -0.1) is 11.3 Å². The predicted molar refractivity (Wildman–Crippen MR) is 75.4 cm³/mol. The van der Waals surface area contributed by atoms with E-state index in [9.17, 15) is 9.90 Å². The second kappa shape index (κ2) is 5.50. The molecule has 0 amide bonds. The molecule has 0 aliphatic heterocycles. The first-order chi connectivity index (χ1) is 9.10. The molecule has 1 unspecified atom stereocenters. The van der Waals surface area contributed by atoms with Crippen molar-refractivity contribution >= 4 is 17.3 Å². The summed E-state index contributed by atoms with van der Waals surface area (Å²) in [5.74, 6) is -0.891. The second-order valence-electron chi connectivity index (χ2n) is 4.55. The van der Waals surface area contributed by atoms with Crippen molar-refractivity contribution in [1.82, 2.24) is 4.98 Å². The lowest BCUT2D eigenvalue weighted by molar-refractivity contribution is -0.143. The van der Waals surface area contributed by atoms with E-state index in [1.165, 1.54) is 11.3 Å². The summed E-state index contributed by atoms with van der Waals surface area (Å²) in [6.45, 7) is 1.97. The number of rotatable bonds is 5. The fourth-order valence-electron chi connectivity index (χ4n) is 2.29. The number of aliphatic carboxylic acids is 1. The van der Waals surface area contributed by atoms with Crippen LogP contribution in [0, 0.1) is 6.92 Å². The van der Waals surface area contributed by atoms with E-state index in [1.54, 1.807) is 11.7 Å². The van der Waals surface area contributed by atoms with Crippen LogP contribution in [0.5, 0.6) is 0 Å². The summed E-state index contributed by atoms with van der Waals surface area (Å²) in [5.41, 5.74) is 8.17. The van der Waals surface area contributed by atoms with E-state index >= 15 is 0 Å². The van der Waals surface area contributed by atoms with Gasteiger partial charge in [-0.05, 0) is 18.1 Å². The van der Waals surface area contributed by atoms with Crippen molar-refractivity contribution < 1.29 is 9.90 Å². The molecule has 0 saturated heterocycles. The third-order valence-corrected chi connectivity index (χ3v) is 4.16. The molecule has 0 fully saturated rings. The molecule has 5 heteroatoms. The quantitative estimate of drug-likeness (QED) is 0.875. The van der Waals surface area contributed by atoms with E-state index in [-0.39, 0.29) is 6.54 Å². The summed E-state index contributed by atoms with van der Waals surface area (Å²) in [7, 11) is 0. The van der Waals surface area contributed by atoms with Crippen molar-refractivity contribution in [3.63, 3.8) is 0 Å². The molecule has 4 nitrogen and oxygen atoms in total. The average molecular weight is 276 g/mol. The highest BCUT2D eigenvalue weighted by Crippen LogP contribution is 2.31. The molecule has 0 radical (unpaired) electrons. The molecule has 1 aromatic carbocycles. The number of nitrogens with zero attached hydrogens (tertiary/aromatic N) is 1. The van der Waals surface area contributed by atoms with Crippen LogP contribution in [0.25, 0.3) is 0 Å². The molecule has 19 heavy (non-hydrogen) atoms. The molecule has 1 aromatic heterocycles. The second-order valence-corrected chi connectivity index (χ2v) is 5.52. The zero-order valence-electron chi connectivity index (χ0n) is 10.7. The Morgan fingerprint density at radius 3 is 2.74 bits per heavy atom. The van der Waals surface area contributed by atoms with E-state index in [2.05, 4.69) is 4.98 Å². The van der Waals surface area contributed by atoms with Gasteiger partial charge in [0, 0.05) is 24.0 Å². The number of thiazole rings is 1. The molecule has 2 aromatic rings. The highest BCUT2D eigenvalue weighted by molar-refractivity contribution is 7.09. The van der Waals surface area contributed by atoms with Gasteiger partial charge in [-0.2, -0.15) is 0 Å². The highest BCUT2D eigenvalue weighted by atomic mass is 32.1. The minimum atomic E-state index is -1.09. The lowest BCUT2D eigenvalue weighted by Crippen LogP contribution is -2.45. The van der Waals surface area contributed by atoms with Crippen molar-refractivity contribution in [2.45, 2.75) is 18.8 Å². The summed E-state index contributed by atoms with van der Waals surface area (Å²) in [5, 5.41) is 9.70. The summed E-state index contributed by atoms with van der Waals surface area (Å²) in [6, 6.07) is 7.50. The molecule has 3 N–H and O–H groups in total. The van der Waals surface area contributed by atoms with Crippen molar-refractivity contribution in [2.75, 3.05) is 6.54 Å². The van der Waals surface area contributed by atoms with Crippen LogP contribution in [-0.2, 0) is 16.6 Å². The first-order valence-corrected chi connectivity index (χ1v) is 6.85. The molecule has 1 heterocycles. The van der Waals surface area contributed by atoms with Crippen molar-refractivity contribution in [1.29, 1.82) is 0 Å². The van der Waals surface area contributed by atoms with E-state index in [0.29, 0.717) is 6.42 Å². The van der Waals surface area contributed by atoms with Gasteiger partial charge in [0.2, 0.25) is 0 Å². The molecule has 0 spiro atoms. The van der Waals surface area contributed by atoms with E-state index < -0.39 is 11.4 Å². The highest BCUT2D eigenvalue weighted by Gasteiger charge is 2.40. The monoisotopic (exact) mass is 276 g/mol. The molecular formula is C14H16N2O2S. The van der Waals surface area contributed by atoms with Gasteiger partial charge >= 0.3 is 5.97 Å².